The number of hydrogen-bond donors (Lipinski definition) is 4. The first-order chi connectivity index (χ1) is 19.2. The molecule has 2 aromatic rings. The summed E-state index contributed by atoms with van der Waals surface area (Å²) in [5, 5.41) is 29.5. The number of alkyl carbamates (subject to hydrolysis) is 1. The van der Waals surface area contributed by atoms with E-state index in [1.165, 1.54) is 0 Å². The highest BCUT2D eigenvalue weighted by Gasteiger charge is 2.36. The molecule has 12 nitrogen and oxygen atoms in total. The van der Waals surface area contributed by atoms with Crippen molar-refractivity contribution < 1.29 is 53.4 Å². The molecule has 4 N–H and O–H groups in total. The molecule has 0 aromatic heterocycles. The van der Waals surface area contributed by atoms with Crippen molar-refractivity contribution in [2.45, 2.75) is 30.7 Å². The third-order valence-electron chi connectivity index (χ3n) is 6.23. The van der Waals surface area contributed by atoms with Crippen molar-refractivity contribution in [1.29, 1.82) is 0 Å². The number of carboxylic acid groups (broad SMARTS) is 3. The Kier molecular flexibility index (Phi) is 11.4. The van der Waals surface area contributed by atoms with Gasteiger partial charge in [0.15, 0.2) is 0 Å². The molecule has 1 aliphatic rings. The summed E-state index contributed by atoms with van der Waals surface area (Å²) in [4.78, 5) is 45.8. The van der Waals surface area contributed by atoms with E-state index in [9.17, 15) is 19.2 Å². The molecular formula is C28H33NO11. The first-order valence-electron chi connectivity index (χ1n) is 12.7. The minimum atomic E-state index is -1.42. The van der Waals surface area contributed by atoms with Gasteiger partial charge in [-0.25, -0.2) is 4.79 Å². The van der Waals surface area contributed by atoms with Crippen LogP contribution in [0.2, 0.25) is 0 Å². The maximum Gasteiger partial charge on any atom is 0.407 e. The molecule has 0 radical (unpaired) electrons. The lowest BCUT2D eigenvalue weighted by molar-refractivity contribution is -0.139. The highest BCUT2D eigenvalue weighted by molar-refractivity contribution is 5.79. The Bertz CT molecular complexity index is 1080. The van der Waals surface area contributed by atoms with Gasteiger partial charge in [-0.3, -0.25) is 14.4 Å². The number of carboxylic acids is 3. The van der Waals surface area contributed by atoms with Crippen LogP contribution in [0.15, 0.2) is 48.5 Å². The fourth-order valence-corrected chi connectivity index (χ4v) is 4.37. The summed E-state index contributed by atoms with van der Waals surface area (Å²) in [7, 11) is 0. The average Bonchev–Trinajstić information content (AvgIpc) is 3.24. The lowest BCUT2D eigenvalue weighted by Crippen LogP contribution is -2.59. The summed E-state index contributed by atoms with van der Waals surface area (Å²) in [6.07, 6.45) is -1.70. The van der Waals surface area contributed by atoms with Crippen LogP contribution in [-0.4, -0.2) is 91.1 Å². The molecule has 0 spiro atoms. The summed E-state index contributed by atoms with van der Waals surface area (Å²) in [6.45, 7) is -1.27. The molecule has 3 rings (SSSR count). The Balaban J connectivity index is 1.72. The predicted molar refractivity (Wildman–Crippen MR) is 140 cm³/mol. The van der Waals surface area contributed by atoms with Crippen LogP contribution in [0.4, 0.5) is 4.79 Å². The van der Waals surface area contributed by atoms with Crippen molar-refractivity contribution in [3.8, 4) is 11.1 Å². The van der Waals surface area contributed by atoms with Crippen molar-refractivity contribution >= 4 is 24.0 Å². The highest BCUT2D eigenvalue weighted by atomic mass is 16.6. The number of carbonyl (C=O) groups is 4. The lowest BCUT2D eigenvalue weighted by atomic mass is 9.98. The quantitative estimate of drug-likeness (QED) is 0.197. The molecule has 0 unspecified atom stereocenters. The van der Waals surface area contributed by atoms with Gasteiger partial charge < -0.3 is 39.6 Å². The van der Waals surface area contributed by atoms with Gasteiger partial charge in [0, 0.05) is 5.92 Å². The third-order valence-corrected chi connectivity index (χ3v) is 6.23. The summed E-state index contributed by atoms with van der Waals surface area (Å²) in [6, 6.07) is 15.7. The number of carbonyl (C=O) groups excluding carboxylic acids is 1. The normalized spacial score (nSPS) is 12.4. The summed E-state index contributed by atoms with van der Waals surface area (Å²) in [5.74, 6) is -3.43. The fourth-order valence-electron chi connectivity index (χ4n) is 4.37. The van der Waals surface area contributed by atoms with E-state index in [2.05, 4.69) is 5.32 Å². The molecule has 0 heterocycles. The molecule has 0 saturated carbocycles. The van der Waals surface area contributed by atoms with Gasteiger partial charge in [0.1, 0.15) is 12.1 Å². The van der Waals surface area contributed by atoms with Gasteiger partial charge >= 0.3 is 24.0 Å². The standard InChI is InChI=1S/C28H33NO11/c30-24(31)9-12-37-16-28(17-38-13-10-25(32)33,18-39-14-11-26(34)35)29-27(36)40-15-23-21-7-3-1-5-19(21)20-6-2-4-8-22(20)23/h1-8,23H,9-18H2,(H,29,36)(H,30,31)(H,32,33)(H,34,35). The van der Waals surface area contributed by atoms with Gasteiger partial charge in [0.25, 0.3) is 0 Å². The van der Waals surface area contributed by atoms with E-state index in [0.29, 0.717) is 0 Å². The minimum Gasteiger partial charge on any atom is -0.481 e. The second kappa shape index (κ2) is 15.0. The number of fused-ring (bicyclic) bond motifs is 3. The van der Waals surface area contributed by atoms with Crippen LogP contribution in [-0.2, 0) is 33.3 Å². The maximum atomic E-state index is 13.1. The SMILES string of the molecule is O=C(O)CCOCC(COCCC(=O)O)(COCCC(=O)O)NC(=O)OCC1c2ccccc2-c2ccccc21. The van der Waals surface area contributed by atoms with Gasteiger partial charge in [-0.15, -0.1) is 0 Å². The third kappa shape index (κ3) is 9.04. The number of amides is 1. The Morgan fingerprint density at radius 1 is 0.675 bits per heavy atom. The van der Waals surface area contributed by atoms with Crippen LogP contribution >= 0.6 is 0 Å². The summed E-state index contributed by atoms with van der Waals surface area (Å²) in [5.41, 5.74) is 2.75. The van der Waals surface area contributed by atoms with Crippen LogP contribution in [0.1, 0.15) is 36.3 Å². The number of nitrogens with one attached hydrogen (secondary N) is 1. The topological polar surface area (TPSA) is 178 Å². The molecule has 12 heteroatoms. The van der Waals surface area contributed by atoms with E-state index in [1.807, 2.05) is 48.5 Å². The molecule has 1 amide bonds. The van der Waals surface area contributed by atoms with Gasteiger partial charge in [0.05, 0.1) is 58.9 Å². The summed E-state index contributed by atoms with van der Waals surface area (Å²) < 4.78 is 22.1. The number of rotatable bonds is 18. The highest BCUT2D eigenvalue weighted by Crippen LogP contribution is 2.44. The Morgan fingerprint density at radius 2 is 1.07 bits per heavy atom. The van der Waals surface area contributed by atoms with E-state index >= 15 is 0 Å². The Labute approximate surface area is 230 Å². The van der Waals surface area contributed by atoms with E-state index in [-0.39, 0.29) is 71.4 Å². The average molecular weight is 560 g/mol. The molecule has 0 aliphatic heterocycles. The second-order valence-corrected chi connectivity index (χ2v) is 9.32. The van der Waals surface area contributed by atoms with Crippen molar-refractivity contribution in [3.63, 3.8) is 0 Å². The summed E-state index contributed by atoms with van der Waals surface area (Å²) >= 11 is 0. The van der Waals surface area contributed by atoms with Crippen LogP contribution in [0.3, 0.4) is 0 Å². The number of hydrogen-bond acceptors (Lipinski definition) is 8. The Hall–Kier alpha value is -4.00. The van der Waals surface area contributed by atoms with E-state index in [1.54, 1.807) is 0 Å². The Morgan fingerprint density at radius 3 is 1.48 bits per heavy atom. The van der Waals surface area contributed by atoms with E-state index in [0.717, 1.165) is 22.3 Å². The second-order valence-electron chi connectivity index (χ2n) is 9.32. The van der Waals surface area contributed by atoms with E-state index in [4.69, 9.17) is 34.3 Å². The zero-order valence-corrected chi connectivity index (χ0v) is 21.9. The van der Waals surface area contributed by atoms with Gasteiger partial charge in [0.2, 0.25) is 0 Å². The van der Waals surface area contributed by atoms with Gasteiger partial charge in [-0.1, -0.05) is 48.5 Å². The predicted octanol–water partition coefficient (Wildman–Crippen LogP) is 2.74. The van der Waals surface area contributed by atoms with Crippen molar-refractivity contribution in [2.24, 2.45) is 0 Å². The van der Waals surface area contributed by atoms with Crippen molar-refractivity contribution in [1.82, 2.24) is 5.32 Å². The van der Waals surface area contributed by atoms with Crippen LogP contribution in [0.25, 0.3) is 11.1 Å². The molecular weight excluding hydrogens is 526 g/mol. The maximum absolute atomic E-state index is 13.1. The monoisotopic (exact) mass is 559 g/mol. The zero-order chi connectivity index (χ0) is 29.0. The molecule has 0 atom stereocenters. The van der Waals surface area contributed by atoms with Crippen LogP contribution in [0, 0.1) is 0 Å². The molecule has 0 bridgehead atoms. The first-order valence-corrected chi connectivity index (χ1v) is 12.7. The van der Waals surface area contributed by atoms with Crippen molar-refractivity contribution in [2.75, 3.05) is 46.2 Å². The van der Waals surface area contributed by atoms with Crippen molar-refractivity contribution in [3.05, 3.63) is 59.7 Å². The molecule has 0 saturated heterocycles. The minimum absolute atomic E-state index is 0.0234. The zero-order valence-electron chi connectivity index (χ0n) is 21.9. The molecule has 40 heavy (non-hydrogen) atoms. The number of aliphatic carboxylic acids is 3. The smallest absolute Gasteiger partial charge is 0.407 e. The molecule has 216 valence electrons. The fraction of sp³-hybridized carbons (Fsp3) is 0.429. The number of ether oxygens (including phenoxy) is 4. The van der Waals surface area contributed by atoms with Gasteiger partial charge in [-0.2, -0.15) is 0 Å². The lowest BCUT2D eigenvalue weighted by Gasteiger charge is -2.33. The molecule has 1 aliphatic carbocycles. The molecule has 2 aromatic carbocycles. The first kappa shape index (κ1) is 30.5. The van der Waals surface area contributed by atoms with E-state index < -0.39 is 29.5 Å². The largest absolute Gasteiger partial charge is 0.481 e. The molecule has 0 fully saturated rings. The van der Waals surface area contributed by atoms with Crippen LogP contribution < -0.4 is 5.32 Å². The van der Waals surface area contributed by atoms with Gasteiger partial charge in [-0.05, 0) is 22.3 Å². The number of benzene rings is 2. The van der Waals surface area contributed by atoms with Crippen LogP contribution in [0.5, 0.6) is 0 Å².